The second-order valence-corrected chi connectivity index (χ2v) is 5.28. The maximum Gasteiger partial charge on any atom is 0.416 e. The molecule has 0 bridgehead atoms. The van der Waals surface area contributed by atoms with E-state index in [4.69, 9.17) is 10.00 Å². The van der Waals surface area contributed by atoms with Crippen molar-refractivity contribution in [2.24, 2.45) is 0 Å². The number of nitriles is 1. The molecule has 1 N–H and O–H groups in total. The Morgan fingerprint density at radius 2 is 1.81 bits per heavy atom. The predicted octanol–water partition coefficient (Wildman–Crippen LogP) is 3.79. The Bertz CT molecular complexity index is 900. The first kappa shape index (κ1) is 19.7. The maximum absolute atomic E-state index is 12.6. The Labute approximate surface area is 152 Å². The van der Waals surface area contributed by atoms with Gasteiger partial charge in [0.25, 0.3) is 5.91 Å². The minimum absolute atomic E-state index is 0.0915. The first-order valence-electron chi connectivity index (χ1n) is 7.60. The SMILES string of the molecule is N#C/C(=C/c1ccccc1)C(=O)OCC(=O)Nc1cccc(C(F)(F)F)c1. The van der Waals surface area contributed by atoms with Gasteiger partial charge in [0.2, 0.25) is 0 Å². The van der Waals surface area contributed by atoms with Crippen LogP contribution in [0.4, 0.5) is 18.9 Å². The van der Waals surface area contributed by atoms with Gasteiger partial charge in [0, 0.05) is 5.69 Å². The Morgan fingerprint density at radius 3 is 2.44 bits per heavy atom. The molecule has 0 aliphatic carbocycles. The molecule has 0 aliphatic heterocycles. The third kappa shape index (κ3) is 6.01. The molecule has 0 fully saturated rings. The van der Waals surface area contributed by atoms with Crippen molar-refractivity contribution in [2.45, 2.75) is 6.18 Å². The smallest absolute Gasteiger partial charge is 0.416 e. The Kier molecular flexibility index (Phi) is 6.33. The molecule has 1 amide bonds. The standard InChI is InChI=1S/C19H13F3N2O3/c20-19(21,22)15-7-4-8-16(10-15)24-17(25)12-27-18(26)14(11-23)9-13-5-2-1-3-6-13/h1-10H,12H2,(H,24,25)/b14-9-. The van der Waals surface area contributed by atoms with Gasteiger partial charge in [-0.15, -0.1) is 0 Å². The fraction of sp³-hybridized carbons (Fsp3) is 0.105. The molecular weight excluding hydrogens is 361 g/mol. The topological polar surface area (TPSA) is 79.2 Å². The van der Waals surface area contributed by atoms with Gasteiger partial charge in [-0.2, -0.15) is 18.4 Å². The number of carbonyl (C=O) groups excluding carboxylic acids is 2. The zero-order valence-corrected chi connectivity index (χ0v) is 13.8. The average Bonchev–Trinajstić information content (AvgIpc) is 2.64. The van der Waals surface area contributed by atoms with Crippen molar-refractivity contribution < 1.29 is 27.5 Å². The van der Waals surface area contributed by atoms with Crippen molar-refractivity contribution >= 4 is 23.6 Å². The number of hydrogen-bond donors (Lipinski definition) is 1. The number of carbonyl (C=O) groups is 2. The van der Waals surface area contributed by atoms with E-state index >= 15 is 0 Å². The number of nitrogens with zero attached hydrogens (tertiary/aromatic N) is 1. The number of anilines is 1. The molecule has 8 heteroatoms. The largest absolute Gasteiger partial charge is 0.451 e. The van der Waals surface area contributed by atoms with Crippen molar-refractivity contribution in [3.63, 3.8) is 0 Å². The van der Waals surface area contributed by atoms with E-state index < -0.39 is 30.2 Å². The Balaban J connectivity index is 1.96. The molecule has 2 aromatic carbocycles. The van der Waals surface area contributed by atoms with E-state index in [1.165, 1.54) is 12.1 Å². The molecule has 27 heavy (non-hydrogen) atoms. The lowest BCUT2D eigenvalue weighted by Gasteiger charge is -2.10. The number of halogens is 3. The number of amides is 1. The molecule has 5 nitrogen and oxygen atoms in total. The van der Waals surface area contributed by atoms with Crippen molar-refractivity contribution in [3.05, 3.63) is 71.3 Å². The zero-order chi connectivity index (χ0) is 19.9. The number of benzene rings is 2. The van der Waals surface area contributed by atoms with Crippen LogP contribution in [0.1, 0.15) is 11.1 Å². The zero-order valence-electron chi connectivity index (χ0n) is 13.8. The summed E-state index contributed by atoms with van der Waals surface area (Å²) >= 11 is 0. The van der Waals surface area contributed by atoms with Crippen LogP contribution in [0.2, 0.25) is 0 Å². The van der Waals surface area contributed by atoms with Crippen LogP contribution >= 0.6 is 0 Å². The predicted molar refractivity (Wildman–Crippen MR) is 91.1 cm³/mol. The van der Waals surface area contributed by atoms with Crippen LogP contribution in [0.25, 0.3) is 6.08 Å². The lowest BCUT2D eigenvalue weighted by Crippen LogP contribution is -2.21. The normalized spacial score (nSPS) is 11.4. The monoisotopic (exact) mass is 374 g/mol. The van der Waals surface area contributed by atoms with Crippen LogP contribution in [-0.4, -0.2) is 18.5 Å². The van der Waals surface area contributed by atoms with Crippen molar-refractivity contribution in [3.8, 4) is 6.07 Å². The highest BCUT2D eigenvalue weighted by Gasteiger charge is 2.30. The fourth-order valence-electron chi connectivity index (χ4n) is 2.03. The number of rotatable bonds is 5. The maximum atomic E-state index is 12.6. The fourth-order valence-corrected chi connectivity index (χ4v) is 2.03. The van der Waals surface area contributed by atoms with Crippen molar-refractivity contribution in [1.29, 1.82) is 5.26 Å². The van der Waals surface area contributed by atoms with Crippen LogP contribution in [0.5, 0.6) is 0 Å². The Morgan fingerprint density at radius 1 is 1.11 bits per heavy atom. The van der Waals surface area contributed by atoms with Crippen molar-refractivity contribution in [1.82, 2.24) is 0 Å². The van der Waals surface area contributed by atoms with Crippen LogP contribution in [0, 0.1) is 11.3 Å². The number of nitrogens with one attached hydrogen (secondary N) is 1. The summed E-state index contributed by atoms with van der Waals surface area (Å²) in [4.78, 5) is 23.7. The summed E-state index contributed by atoms with van der Waals surface area (Å²) in [6, 6.07) is 14.3. The van der Waals surface area contributed by atoms with Gasteiger partial charge in [0.05, 0.1) is 5.56 Å². The van der Waals surface area contributed by atoms with Gasteiger partial charge in [-0.05, 0) is 29.8 Å². The molecule has 0 spiro atoms. The third-order valence-corrected chi connectivity index (χ3v) is 3.26. The summed E-state index contributed by atoms with van der Waals surface area (Å²) < 4.78 is 42.7. The van der Waals surface area contributed by atoms with Crippen LogP contribution in [-0.2, 0) is 20.5 Å². The summed E-state index contributed by atoms with van der Waals surface area (Å²) in [6.45, 7) is -0.747. The van der Waals surface area contributed by atoms with E-state index in [-0.39, 0.29) is 11.3 Å². The summed E-state index contributed by atoms with van der Waals surface area (Å²) in [7, 11) is 0. The summed E-state index contributed by atoms with van der Waals surface area (Å²) in [6.07, 6.45) is -3.25. The summed E-state index contributed by atoms with van der Waals surface area (Å²) in [5.41, 5.74) is -0.728. The van der Waals surface area contributed by atoms with E-state index in [1.54, 1.807) is 36.4 Å². The quantitative estimate of drug-likeness (QED) is 0.491. The second-order valence-electron chi connectivity index (χ2n) is 5.28. The first-order valence-corrected chi connectivity index (χ1v) is 7.60. The lowest BCUT2D eigenvalue weighted by atomic mass is 10.1. The first-order chi connectivity index (χ1) is 12.8. The van der Waals surface area contributed by atoms with Gasteiger partial charge in [-0.3, -0.25) is 4.79 Å². The van der Waals surface area contributed by atoms with Crippen LogP contribution < -0.4 is 5.32 Å². The van der Waals surface area contributed by atoms with Gasteiger partial charge in [-0.25, -0.2) is 4.79 Å². The van der Waals surface area contributed by atoms with Gasteiger partial charge in [0.15, 0.2) is 6.61 Å². The highest BCUT2D eigenvalue weighted by atomic mass is 19.4. The molecule has 0 atom stereocenters. The second kappa shape index (κ2) is 8.67. The molecule has 0 unspecified atom stereocenters. The minimum atomic E-state index is -4.54. The molecule has 0 saturated heterocycles. The van der Waals surface area contributed by atoms with E-state index in [9.17, 15) is 22.8 Å². The lowest BCUT2D eigenvalue weighted by molar-refractivity contribution is -0.142. The van der Waals surface area contributed by atoms with Gasteiger partial charge in [0.1, 0.15) is 11.6 Å². The molecule has 2 aromatic rings. The number of ether oxygens (including phenoxy) is 1. The molecule has 0 heterocycles. The van der Waals surface area contributed by atoms with Gasteiger partial charge >= 0.3 is 12.1 Å². The molecule has 0 aromatic heterocycles. The molecule has 138 valence electrons. The van der Waals surface area contributed by atoms with E-state index in [0.717, 1.165) is 18.2 Å². The highest BCUT2D eigenvalue weighted by Crippen LogP contribution is 2.30. The average molecular weight is 374 g/mol. The number of esters is 1. The molecule has 0 radical (unpaired) electrons. The third-order valence-electron chi connectivity index (χ3n) is 3.26. The van der Waals surface area contributed by atoms with Crippen LogP contribution in [0.3, 0.4) is 0 Å². The number of hydrogen-bond acceptors (Lipinski definition) is 4. The van der Waals surface area contributed by atoms with Crippen LogP contribution in [0.15, 0.2) is 60.2 Å². The van der Waals surface area contributed by atoms with Gasteiger partial charge in [-0.1, -0.05) is 36.4 Å². The van der Waals surface area contributed by atoms with Crippen molar-refractivity contribution in [2.75, 3.05) is 11.9 Å². The van der Waals surface area contributed by atoms with E-state index in [0.29, 0.717) is 5.56 Å². The summed E-state index contributed by atoms with van der Waals surface area (Å²) in [5.74, 6) is -1.85. The highest BCUT2D eigenvalue weighted by molar-refractivity contribution is 6.00. The Hall–Kier alpha value is -3.60. The molecule has 0 aliphatic rings. The van der Waals surface area contributed by atoms with E-state index in [2.05, 4.69) is 5.32 Å². The minimum Gasteiger partial charge on any atom is -0.451 e. The number of alkyl halides is 3. The molecular formula is C19H13F3N2O3. The molecule has 2 rings (SSSR count). The molecule has 0 saturated carbocycles. The van der Waals surface area contributed by atoms with E-state index in [1.807, 2.05) is 0 Å². The van der Waals surface area contributed by atoms with Gasteiger partial charge < -0.3 is 10.1 Å². The summed E-state index contributed by atoms with van der Waals surface area (Å²) in [5, 5.41) is 11.2.